The predicted molar refractivity (Wildman–Crippen MR) is 55.8 cm³/mol. The molecule has 1 heterocycles. The van der Waals surface area contributed by atoms with Gasteiger partial charge in [0, 0.05) is 12.4 Å². The van der Waals surface area contributed by atoms with Crippen LogP contribution < -0.4 is 0 Å². The summed E-state index contributed by atoms with van der Waals surface area (Å²) in [6.07, 6.45) is 9.39. The summed E-state index contributed by atoms with van der Waals surface area (Å²) < 4.78 is 0. The molecule has 2 heteroatoms. The molecule has 0 aromatic carbocycles. The molecule has 2 nitrogen and oxygen atoms in total. The monoisotopic (exact) mass is 191 g/mol. The smallest absolute Gasteiger partial charge is 0.0793 e. The third kappa shape index (κ3) is 2.32. The summed E-state index contributed by atoms with van der Waals surface area (Å²) in [7, 11) is 0. The number of rotatable bonds is 3. The van der Waals surface area contributed by atoms with Gasteiger partial charge in [-0.25, -0.2) is 0 Å². The summed E-state index contributed by atoms with van der Waals surface area (Å²) in [6, 6.07) is 3.80. The highest BCUT2D eigenvalue weighted by atomic mass is 16.3. The molecular weight excluding hydrogens is 174 g/mol. The van der Waals surface area contributed by atoms with Crippen LogP contribution in [-0.2, 0) is 0 Å². The van der Waals surface area contributed by atoms with Crippen LogP contribution in [0.3, 0.4) is 0 Å². The van der Waals surface area contributed by atoms with E-state index in [2.05, 4.69) is 4.98 Å². The van der Waals surface area contributed by atoms with Crippen molar-refractivity contribution in [3.05, 3.63) is 30.1 Å². The van der Waals surface area contributed by atoms with Gasteiger partial charge in [0.25, 0.3) is 0 Å². The molecule has 0 bridgehead atoms. The van der Waals surface area contributed by atoms with E-state index in [0.29, 0.717) is 0 Å². The Morgan fingerprint density at radius 1 is 1.29 bits per heavy atom. The fourth-order valence-electron chi connectivity index (χ4n) is 2.28. The quantitative estimate of drug-likeness (QED) is 0.796. The van der Waals surface area contributed by atoms with Crippen molar-refractivity contribution in [2.75, 3.05) is 0 Å². The van der Waals surface area contributed by atoms with E-state index < -0.39 is 0 Å². The Kier molecular flexibility index (Phi) is 3.14. The van der Waals surface area contributed by atoms with Crippen LogP contribution in [0.15, 0.2) is 24.5 Å². The first-order valence-corrected chi connectivity index (χ1v) is 5.44. The summed E-state index contributed by atoms with van der Waals surface area (Å²) in [5, 5.41) is 9.95. The molecule has 76 valence electrons. The SMILES string of the molecule is OC(CC1CCCC1)c1ccncc1. The summed E-state index contributed by atoms with van der Waals surface area (Å²) in [5.74, 6) is 0.734. The molecule has 2 rings (SSSR count). The Bertz CT molecular complexity index is 267. The van der Waals surface area contributed by atoms with Crippen LogP contribution in [0.2, 0.25) is 0 Å². The van der Waals surface area contributed by atoms with E-state index in [0.717, 1.165) is 17.9 Å². The minimum atomic E-state index is -0.291. The molecule has 1 atom stereocenters. The lowest BCUT2D eigenvalue weighted by atomic mass is 9.96. The Hall–Kier alpha value is -0.890. The molecule has 1 aliphatic rings. The maximum Gasteiger partial charge on any atom is 0.0793 e. The van der Waals surface area contributed by atoms with Crippen molar-refractivity contribution in [1.82, 2.24) is 4.98 Å². The van der Waals surface area contributed by atoms with Crippen molar-refractivity contribution >= 4 is 0 Å². The number of aliphatic hydroxyl groups is 1. The fourth-order valence-corrected chi connectivity index (χ4v) is 2.28. The minimum Gasteiger partial charge on any atom is -0.388 e. The maximum atomic E-state index is 9.95. The molecule has 0 radical (unpaired) electrons. The van der Waals surface area contributed by atoms with E-state index >= 15 is 0 Å². The van der Waals surface area contributed by atoms with Gasteiger partial charge in [-0.2, -0.15) is 0 Å². The van der Waals surface area contributed by atoms with Gasteiger partial charge in [-0.3, -0.25) is 4.98 Å². The third-order valence-electron chi connectivity index (χ3n) is 3.12. The summed E-state index contributed by atoms with van der Waals surface area (Å²) in [5.41, 5.74) is 1.01. The topological polar surface area (TPSA) is 33.1 Å². The third-order valence-corrected chi connectivity index (χ3v) is 3.12. The van der Waals surface area contributed by atoms with Crippen LogP contribution in [-0.4, -0.2) is 10.1 Å². The lowest BCUT2D eigenvalue weighted by Crippen LogP contribution is -2.04. The molecule has 0 saturated heterocycles. The Labute approximate surface area is 85.0 Å². The number of aliphatic hydroxyl groups excluding tert-OH is 1. The number of hydrogen-bond donors (Lipinski definition) is 1. The fraction of sp³-hybridized carbons (Fsp3) is 0.583. The van der Waals surface area contributed by atoms with Crippen molar-refractivity contribution in [2.24, 2.45) is 5.92 Å². The molecule has 0 amide bonds. The first kappa shape index (κ1) is 9.66. The first-order chi connectivity index (χ1) is 6.86. The van der Waals surface area contributed by atoms with Crippen LogP contribution in [0, 0.1) is 5.92 Å². The maximum absolute atomic E-state index is 9.95. The highest BCUT2D eigenvalue weighted by molar-refractivity contribution is 5.12. The number of hydrogen-bond acceptors (Lipinski definition) is 2. The summed E-state index contributed by atoms with van der Waals surface area (Å²) >= 11 is 0. The molecule has 1 unspecified atom stereocenters. The van der Waals surface area contributed by atoms with E-state index in [4.69, 9.17) is 0 Å². The molecular formula is C12H17NO. The Balaban J connectivity index is 1.92. The van der Waals surface area contributed by atoms with E-state index in [-0.39, 0.29) is 6.10 Å². The van der Waals surface area contributed by atoms with Crippen molar-refractivity contribution in [1.29, 1.82) is 0 Å². The van der Waals surface area contributed by atoms with E-state index in [1.165, 1.54) is 25.7 Å². The van der Waals surface area contributed by atoms with Crippen molar-refractivity contribution in [3.8, 4) is 0 Å². The normalized spacial score (nSPS) is 19.8. The van der Waals surface area contributed by atoms with Gasteiger partial charge in [-0.1, -0.05) is 25.7 Å². The highest BCUT2D eigenvalue weighted by Gasteiger charge is 2.19. The highest BCUT2D eigenvalue weighted by Crippen LogP contribution is 2.32. The van der Waals surface area contributed by atoms with Crippen LogP contribution in [0.25, 0.3) is 0 Å². The van der Waals surface area contributed by atoms with Gasteiger partial charge in [0.05, 0.1) is 6.10 Å². The second-order valence-corrected chi connectivity index (χ2v) is 4.18. The van der Waals surface area contributed by atoms with E-state index in [9.17, 15) is 5.11 Å². The molecule has 1 aromatic heterocycles. The lowest BCUT2D eigenvalue weighted by molar-refractivity contribution is 0.145. The van der Waals surface area contributed by atoms with E-state index in [1.807, 2.05) is 12.1 Å². The predicted octanol–water partition coefficient (Wildman–Crippen LogP) is 2.70. The van der Waals surface area contributed by atoms with Gasteiger partial charge in [0.2, 0.25) is 0 Å². The average Bonchev–Trinajstić information content (AvgIpc) is 2.72. The largest absolute Gasteiger partial charge is 0.388 e. The van der Waals surface area contributed by atoms with Gasteiger partial charge in [-0.15, -0.1) is 0 Å². The molecule has 1 N–H and O–H groups in total. The zero-order valence-corrected chi connectivity index (χ0v) is 8.39. The van der Waals surface area contributed by atoms with Crippen LogP contribution >= 0.6 is 0 Å². The first-order valence-electron chi connectivity index (χ1n) is 5.44. The van der Waals surface area contributed by atoms with Gasteiger partial charge in [0.15, 0.2) is 0 Å². The second-order valence-electron chi connectivity index (χ2n) is 4.18. The van der Waals surface area contributed by atoms with Gasteiger partial charge >= 0.3 is 0 Å². The molecule has 14 heavy (non-hydrogen) atoms. The zero-order chi connectivity index (χ0) is 9.80. The van der Waals surface area contributed by atoms with E-state index in [1.54, 1.807) is 12.4 Å². The van der Waals surface area contributed by atoms with Crippen LogP contribution in [0.4, 0.5) is 0 Å². The molecule has 1 saturated carbocycles. The molecule has 0 aliphatic heterocycles. The molecule has 1 aliphatic carbocycles. The zero-order valence-electron chi connectivity index (χ0n) is 8.39. The molecule has 0 spiro atoms. The molecule has 1 aromatic rings. The average molecular weight is 191 g/mol. The van der Waals surface area contributed by atoms with Crippen molar-refractivity contribution < 1.29 is 5.11 Å². The van der Waals surface area contributed by atoms with Gasteiger partial charge in [0.1, 0.15) is 0 Å². The minimum absolute atomic E-state index is 0.291. The standard InChI is InChI=1S/C12H17NO/c14-12(9-10-3-1-2-4-10)11-5-7-13-8-6-11/h5-8,10,12,14H,1-4,9H2. The number of aromatic nitrogens is 1. The summed E-state index contributed by atoms with van der Waals surface area (Å²) in [6.45, 7) is 0. The van der Waals surface area contributed by atoms with Crippen molar-refractivity contribution in [3.63, 3.8) is 0 Å². The summed E-state index contributed by atoms with van der Waals surface area (Å²) in [4.78, 5) is 3.95. The molecule has 1 fully saturated rings. The number of nitrogens with zero attached hydrogens (tertiary/aromatic N) is 1. The van der Waals surface area contributed by atoms with Gasteiger partial charge < -0.3 is 5.11 Å². The second kappa shape index (κ2) is 4.56. The Morgan fingerprint density at radius 2 is 1.93 bits per heavy atom. The Morgan fingerprint density at radius 3 is 2.57 bits per heavy atom. The lowest BCUT2D eigenvalue weighted by Gasteiger charge is -2.15. The van der Waals surface area contributed by atoms with Crippen LogP contribution in [0.1, 0.15) is 43.8 Å². The van der Waals surface area contributed by atoms with Gasteiger partial charge in [-0.05, 0) is 30.0 Å². The van der Waals surface area contributed by atoms with Crippen LogP contribution in [0.5, 0.6) is 0 Å². The van der Waals surface area contributed by atoms with Crippen molar-refractivity contribution in [2.45, 2.75) is 38.2 Å². The number of pyridine rings is 1.